The zero-order valence-corrected chi connectivity index (χ0v) is 8.34. The summed E-state index contributed by atoms with van der Waals surface area (Å²) in [7, 11) is 0. The summed E-state index contributed by atoms with van der Waals surface area (Å²) in [5.41, 5.74) is 12.0. The minimum Gasteiger partial charge on any atom is -0.329 e. The first-order valence-corrected chi connectivity index (χ1v) is 5.01. The van der Waals surface area contributed by atoms with Gasteiger partial charge in [0.1, 0.15) is 0 Å². The molecule has 1 atom stereocenters. The van der Waals surface area contributed by atoms with Crippen molar-refractivity contribution in [1.82, 2.24) is 0 Å². The van der Waals surface area contributed by atoms with E-state index in [2.05, 4.69) is 13.8 Å². The van der Waals surface area contributed by atoms with Crippen LogP contribution < -0.4 is 11.5 Å². The van der Waals surface area contributed by atoms with Crippen LogP contribution >= 0.6 is 0 Å². The molecule has 72 valence electrons. The van der Waals surface area contributed by atoms with E-state index in [1.807, 2.05) is 0 Å². The Bertz CT molecular complexity index is 133. The van der Waals surface area contributed by atoms with E-state index in [0.29, 0.717) is 17.9 Å². The molecule has 0 aromatic rings. The smallest absolute Gasteiger partial charge is 0.0191 e. The molecule has 0 spiro atoms. The predicted molar refractivity (Wildman–Crippen MR) is 52.8 cm³/mol. The van der Waals surface area contributed by atoms with Crippen LogP contribution in [-0.2, 0) is 0 Å². The van der Waals surface area contributed by atoms with Crippen LogP contribution in [0, 0.1) is 11.3 Å². The maximum absolute atomic E-state index is 5.91. The fourth-order valence-electron chi connectivity index (χ4n) is 2.04. The Morgan fingerprint density at radius 3 is 2.25 bits per heavy atom. The first kappa shape index (κ1) is 10.0. The fourth-order valence-corrected chi connectivity index (χ4v) is 2.04. The van der Waals surface area contributed by atoms with Crippen LogP contribution in [0.2, 0.25) is 0 Å². The lowest BCUT2D eigenvalue weighted by Crippen LogP contribution is -2.40. The van der Waals surface area contributed by atoms with Crippen molar-refractivity contribution in [2.45, 2.75) is 45.6 Å². The Labute approximate surface area is 75.7 Å². The third-order valence-corrected chi connectivity index (χ3v) is 3.26. The molecule has 12 heavy (non-hydrogen) atoms. The highest BCUT2D eigenvalue weighted by Gasteiger charge is 2.29. The van der Waals surface area contributed by atoms with Gasteiger partial charge in [0.05, 0.1) is 0 Å². The molecule has 2 nitrogen and oxygen atoms in total. The zero-order chi connectivity index (χ0) is 9.19. The highest BCUT2D eigenvalue weighted by atomic mass is 14.7. The van der Waals surface area contributed by atoms with Gasteiger partial charge in [-0.25, -0.2) is 0 Å². The maximum atomic E-state index is 5.91. The second-order valence-corrected chi connectivity index (χ2v) is 4.90. The van der Waals surface area contributed by atoms with E-state index in [-0.39, 0.29) is 6.04 Å². The highest BCUT2D eigenvalue weighted by Crippen LogP contribution is 2.38. The van der Waals surface area contributed by atoms with Crippen molar-refractivity contribution >= 4 is 0 Å². The number of hydrogen-bond donors (Lipinski definition) is 2. The third kappa shape index (κ3) is 2.46. The van der Waals surface area contributed by atoms with Crippen molar-refractivity contribution in [2.24, 2.45) is 22.8 Å². The van der Waals surface area contributed by atoms with Crippen molar-refractivity contribution in [2.75, 3.05) is 6.54 Å². The standard InChI is InChI=1S/C10H22N2/c1-10(2)5-3-8(4-6-10)9(12)7-11/h8-9H,3-7,11-12H2,1-2H3. The lowest BCUT2D eigenvalue weighted by Gasteiger charge is -2.36. The van der Waals surface area contributed by atoms with E-state index >= 15 is 0 Å². The molecule has 1 rings (SSSR count). The molecule has 0 bridgehead atoms. The van der Waals surface area contributed by atoms with Gasteiger partial charge in [-0.2, -0.15) is 0 Å². The van der Waals surface area contributed by atoms with E-state index in [1.165, 1.54) is 25.7 Å². The summed E-state index contributed by atoms with van der Waals surface area (Å²) in [5.74, 6) is 0.683. The minimum atomic E-state index is 0.237. The number of hydrogen-bond acceptors (Lipinski definition) is 2. The number of rotatable bonds is 2. The van der Waals surface area contributed by atoms with E-state index in [9.17, 15) is 0 Å². The Morgan fingerprint density at radius 2 is 1.83 bits per heavy atom. The molecule has 0 heterocycles. The molecule has 0 saturated heterocycles. The normalized spacial score (nSPS) is 27.0. The van der Waals surface area contributed by atoms with E-state index in [4.69, 9.17) is 11.5 Å². The van der Waals surface area contributed by atoms with Crippen LogP contribution in [0.1, 0.15) is 39.5 Å². The summed E-state index contributed by atoms with van der Waals surface area (Å²) in [6, 6.07) is 0.237. The predicted octanol–water partition coefficient (Wildman–Crippen LogP) is 1.49. The molecular weight excluding hydrogens is 148 g/mol. The molecular formula is C10H22N2. The van der Waals surface area contributed by atoms with Crippen molar-refractivity contribution in [3.8, 4) is 0 Å². The van der Waals surface area contributed by atoms with Crippen LogP contribution in [-0.4, -0.2) is 12.6 Å². The molecule has 1 unspecified atom stereocenters. The van der Waals surface area contributed by atoms with Gasteiger partial charge in [-0.1, -0.05) is 13.8 Å². The average Bonchev–Trinajstić information content (AvgIpc) is 2.03. The Balaban J connectivity index is 2.36. The molecule has 1 aliphatic rings. The Morgan fingerprint density at radius 1 is 1.33 bits per heavy atom. The molecule has 1 fully saturated rings. The van der Waals surface area contributed by atoms with Gasteiger partial charge in [0.15, 0.2) is 0 Å². The number of nitrogens with two attached hydrogens (primary N) is 2. The van der Waals surface area contributed by atoms with Crippen LogP contribution in [0.3, 0.4) is 0 Å². The molecule has 1 saturated carbocycles. The van der Waals surface area contributed by atoms with Crippen molar-refractivity contribution in [3.05, 3.63) is 0 Å². The molecule has 0 radical (unpaired) electrons. The molecule has 0 aliphatic heterocycles. The van der Waals surface area contributed by atoms with Gasteiger partial charge in [0.25, 0.3) is 0 Å². The van der Waals surface area contributed by atoms with Crippen molar-refractivity contribution in [3.63, 3.8) is 0 Å². The van der Waals surface area contributed by atoms with Gasteiger partial charge in [-0.15, -0.1) is 0 Å². The van der Waals surface area contributed by atoms with Crippen molar-refractivity contribution < 1.29 is 0 Å². The first-order chi connectivity index (χ1) is 5.55. The summed E-state index contributed by atoms with van der Waals surface area (Å²) in [4.78, 5) is 0. The molecule has 0 aromatic carbocycles. The van der Waals surface area contributed by atoms with E-state index in [1.54, 1.807) is 0 Å². The summed E-state index contributed by atoms with van der Waals surface area (Å²) in [6.45, 7) is 5.33. The highest BCUT2D eigenvalue weighted by molar-refractivity contribution is 4.83. The topological polar surface area (TPSA) is 52.0 Å². The molecule has 4 N–H and O–H groups in total. The van der Waals surface area contributed by atoms with Crippen LogP contribution in [0.25, 0.3) is 0 Å². The Kier molecular flexibility index (Phi) is 3.13. The van der Waals surface area contributed by atoms with Gasteiger partial charge in [0, 0.05) is 12.6 Å². The molecule has 0 aromatic heterocycles. The van der Waals surface area contributed by atoms with Crippen LogP contribution in [0.15, 0.2) is 0 Å². The lowest BCUT2D eigenvalue weighted by molar-refractivity contribution is 0.174. The minimum absolute atomic E-state index is 0.237. The lowest BCUT2D eigenvalue weighted by atomic mass is 9.71. The van der Waals surface area contributed by atoms with E-state index in [0.717, 1.165) is 0 Å². The quantitative estimate of drug-likeness (QED) is 0.659. The molecule has 2 heteroatoms. The molecule has 1 aliphatic carbocycles. The van der Waals surface area contributed by atoms with Gasteiger partial charge in [-0.05, 0) is 37.0 Å². The summed E-state index contributed by atoms with van der Waals surface area (Å²) < 4.78 is 0. The van der Waals surface area contributed by atoms with Crippen LogP contribution in [0.4, 0.5) is 0 Å². The van der Waals surface area contributed by atoms with Gasteiger partial charge in [-0.3, -0.25) is 0 Å². The second kappa shape index (κ2) is 3.75. The summed E-state index contributed by atoms with van der Waals surface area (Å²) in [6.07, 6.45) is 5.16. The van der Waals surface area contributed by atoms with Gasteiger partial charge < -0.3 is 11.5 Å². The SMILES string of the molecule is CC1(C)CCC(C(N)CN)CC1. The zero-order valence-electron chi connectivity index (χ0n) is 8.34. The van der Waals surface area contributed by atoms with Gasteiger partial charge >= 0.3 is 0 Å². The fraction of sp³-hybridized carbons (Fsp3) is 1.00. The monoisotopic (exact) mass is 170 g/mol. The average molecular weight is 170 g/mol. The largest absolute Gasteiger partial charge is 0.329 e. The maximum Gasteiger partial charge on any atom is 0.0191 e. The summed E-state index contributed by atoms with van der Waals surface area (Å²) in [5, 5.41) is 0. The van der Waals surface area contributed by atoms with Crippen molar-refractivity contribution in [1.29, 1.82) is 0 Å². The van der Waals surface area contributed by atoms with Gasteiger partial charge in [0.2, 0.25) is 0 Å². The first-order valence-electron chi connectivity index (χ1n) is 5.01. The van der Waals surface area contributed by atoms with E-state index < -0.39 is 0 Å². The molecule has 0 amide bonds. The summed E-state index contributed by atoms with van der Waals surface area (Å²) >= 11 is 0. The Hall–Kier alpha value is -0.0800. The second-order valence-electron chi connectivity index (χ2n) is 4.90. The van der Waals surface area contributed by atoms with Crippen LogP contribution in [0.5, 0.6) is 0 Å². The third-order valence-electron chi connectivity index (χ3n) is 3.26.